The third-order valence-corrected chi connectivity index (χ3v) is 4.30. The van der Waals surface area contributed by atoms with Crippen LogP contribution in [0.4, 0.5) is 5.69 Å². The summed E-state index contributed by atoms with van der Waals surface area (Å²) in [5.41, 5.74) is 9.72. The van der Waals surface area contributed by atoms with Crippen LogP contribution < -0.4 is 10.6 Å². The number of aromatic amines is 1. The van der Waals surface area contributed by atoms with Crippen molar-refractivity contribution in [3.05, 3.63) is 29.5 Å². The van der Waals surface area contributed by atoms with E-state index >= 15 is 0 Å². The lowest BCUT2D eigenvalue weighted by Crippen LogP contribution is -2.38. The van der Waals surface area contributed by atoms with E-state index in [-0.39, 0.29) is 5.91 Å². The Hall–Kier alpha value is -1.97. The summed E-state index contributed by atoms with van der Waals surface area (Å²) in [4.78, 5) is 17.2. The highest BCUT2D eigenvalue weighted by Gasteiger charge is 2.33. The van der Waals surface area contributed by atoms with E-state index in [9.17, 15) is 4.79 Å². The molecule has 3 N–H and O–H groups in total. The van der Waals surface area contributed by atoms with Gasteiger partial charge in [-0.2, -0.15) is 0 Å². The molecule has 3 aliphatic heterocycles. The second kappa shape index (κ2) is 3.28. The summed E-state index contributed by atoms with van der Waals surface area (Å²) in [6.07, 6.45) is 2.48. The average molecular weight is 241 g/mol. The van der Waals surface area contributed by atoms with Crippen LogP contribution in [0.15, 0.2) is 18.2 Å². The van der Waals surface area contributed by atoms with E-state index in [0.29, 0.717) is 11.5 Å². The number of fused-ring (bicyclic) bond motifs is 3. The number of H-pyrrole nitrogens is 1. The van der Waals surface area contributed by atoms with Crippen LogP contribution in [-0.4, -0.2) is 24.0 Å². The monoisotopic (exact) mass is 241 g/mol. The van der Waals surface area contributed by atoms with Gasteiger partial charge in [0.2, 0.25) is 5.91 Å². The fourth-order valence-corrected chi connectivity index (χ4v) is 3.38. The van der Waals surface area contributed by atoms with Crippen LogP contribution in [0.3, 0.4) is 0 Å². The number of anilines is 1. The van der Waals surface area contributed by atoms with Crippen molar-refractivity contribution >= 4 is 22.5 Å². The first-order valence-electron chi connectivity index (χ1n) is 6.44. The van der Waals surface area contributed by atoms with Crippen molar-refractivity contribution in [3.63, 3.8) is 0 Å². The van der Waals surface area contributed by atoms with E-state index < -0.39 is 0 Å². The molecule has 0 saturated carbocycles. The Labute approximate surface area is 105 Å². The van der Waals surface area contributed by atoms with Crippen LogP contribution in [0.25, 0.3) is 10.9 Å². The smallest absolute Gasteiger partial charge is 0.248 e. The van der Waals surface area contributed by atoms with Crippen molar-refractivity contribution in [2.24, 2.45) is 5.73 Å². The van der Waals surface area contributed by atoms with Crippen molar-refractivity contribution < 1.29 is 4.79 Å². The Morgan fingerprint density at radius 1 is 1.33 bits per heavy atom. The number of aromatic nitrogens is 1. The Kier molecular flexibility index (Phi) is 1.82. The number of carbonyl (C=O) groups excluding carboxylic acids is 1. The largest absolute Gasteiger partial charge is 0.370 e. The summed E-state index contributed by atoms with van der Waals surface area (Å²) >= 11 is 0. The highest BCUT2D eigenvalue weighted by atomic mass is 16.1. The van der Waals surface area contributed by atoms with Crippen LogP contribution in [0.1, 0.15) is 34.8 Å². The minimum absolute atomic E-state index is 0.359. The molecule has 1 fully saturated rings. The molecule has 0 spiro atoms. The average Bonchev–Trinajstić information content (AvgIpc) is 2.80. The molecule has 2 aromatic rings. The molecule has 3 aliphatic rings. The summed E-state index contributed by atoms with van der Waals surface area (Å²) in [5, 5.41) is 1.14. The molecule has 1 aromatic carbocycles. The zero-order valence-electron chi connectivity index (χ0n) is 10.1. The molecule has 4 heteroatoms. The van der Waals surface area contributed by atoms with Gasteiger partial charge in [0.05, 0.1) is 5.69 Å². The van der Waals surface area contributed by atoms with E-state index in [1.807, 2.05) is 12.1 Å². The van der Waals surface area contributed by atoms with Gasteiger partial charge in [0, 0.05) is 41.2 Å². The van der Waals surface area contributed by atoms with Crippen molar-refractivity contribution in [1.29, 1.82) is 0 Å². The predicted octanol–water partition coefficient (Wildman–Crippen LogP) is 1.96. The van der Waals surface area contributed by atoms with Crippen LogP contribution in [0.2, 0.25) is 0 Å². The van der Waals surface area contributed by atoms with Crippen LogP contribution in [0.5, 0.6) is 0 Å². The van der Waals surface area contributed by atoms with E-state index in [1.165, 1.54) is 24.2 Å². The molecule has 18 heavy (non-hydrogen) atoms. The van der Waals surface area contributed by atoms with Crippen molar-refractivity contribution in [2.45, 2.75) is 18.8 Å². The number of hydrogen-bond acceptors (Lipinski definition) is 2. The Balaban J connectivity index is 2.01. The third kappa shape index (κ3) is 1.17. The summed E-state index contributed by atoms with van der Waals surface area (Å²) < 4.78 is 0. The molecule has 2 bridgehead atoms. The molecular weight excluding hydrogens is 226 g/mol. The summed E-state index contributed by atoms with van der Waals surface area (Å²) in [5.74, 6) is 0.303. The maximum atomic E-state index is 11.3. The molecule has 4 heterocycles. The minimum Gasteiger partial charge on any atom is -0.370 e. The van der Waals surface area contributed by atoms with Gasteiger partial charge in [-0.15, -0.1) is 0 Å². The highest BCUT2D eigenvalue weighted by molar-refractivity contribution is 6.02. The summed E-state index contributed by atoms with van der Waals surface area (Å²) in [6.45, 7) is 2.26. The molecule has 0 unspecified atom stereocenters. The van der Waals surface area contributed by atoms with Gasteiger partial charge in [-0.3, -0.25) is 4.79 Å². The van der Waals surface area contributed by atoms with Gasteiger partial charge in [-0.05, 0) is 31.0 Å². The number of nitrogens with one attached hydrogen (secondary N) is 1. The third-order valence-electron chi connectivity index (χ3n) is 4.30. The van der Waals surface area contributed by atoms with Crippen LogP contribution >= 0.6 is 0 Å². The fourth-order valence-electron chi connectivity index (χ4n) is 3.38. The number of rotatable bonds is 1. The maximum absolute atomic E-state index is 11.3. The molecule has 0 atom stereocenters. The Bertz CT molecular complexity index is 650. The van der Waals surface area contributed by atoms with Gasteiger partial charge in [0.15, 0.2) is 0 Å². The van der Waals surface area contributed by atoms with Gasteiger partial charge in [-0.1, -0.05) is 0 Å². The standard InChI is InChI=1S/C14H15N3O/c15-14(18)9-1-2-11-10(7-9)13-12(16-11)8-3-5-17(13)6-4-8/h1-2,7-8,16H,3-6H2,(H2,15,18). The normalized spacial score (nSPS) is 18.3. The quantitative estimate of drug-likeness (QED) is 0.801. The molecule has 0 aliphatic carbocycles. The van der Waals surface area contributed by atoms with E-state index in [4.69, 9.17) is 5.73 Å². The minimum atomic E-state index is -0.359. The number of nitrogens with zero attached hydrogens (tertiary/aromatic N) is 1. The molecule has 1 aromatic heterocycles. The summed E-state index contributed by atoms with van der Waals surface area (Å²) in [7, 11) is 0. The topological polar surface area (TPSA) is 62.1 Å². The van der Waals surface area contributed by atoms with Gasteiger partial charge < -0.3 is 15.6 Å². The van der Waals surface area contributed by atoms with E-state index in [1.54, 1.807) is 6.07 Å². The molecule has 92 valence electrons. The fraction of sp³-hybridized carbons (Fsp3) is 0.357. The highest BCUT2D eigenvalue weighted by Crippen LogP contribution is 2.45. The maximum Gasteiger partial charge on any atom is 0.248 e. The second-order valence-electron chi connectivity index (χ2n) is 5.27. The van der Waals surface area contributed by atoms with E-state index in [0.717, 1.165) is 24.0 Å². The van der Waals surface area contributed by atoms with Gasteiger partial charge >= 0.3 is 0 Å². The lowest BCUT2D eigenvalue weighted by Gasteiger charge is -2.40. The molecule has 4 nitrogen and oxygen atoms in total. The predicted molar refractivity (Wildman–Crippen MR) is 71.0 cm³/mol. The molecule has 1 saturated heterocycles. The number of hydrogen-bond donors (Lipinski definition) is 2. The number of piperidine rings is 1. The number of primary amides is 1. The number of carbonyl (C=O) groups is 1. The van der Waals surface area contributed by atoms with Crippen LogP contribution in [-0.2, 0) is 0 Å². The number of nitrogens with two attached hydrogens (primary N) is 1. The zero-order chi connectivity index (χ0) is 12.3. The molecular formula is C14H15N3O. The van der Waals surface area contributed by atoms with Crippen molar-refractivity contribution in [2.75, 3.05) is 18.0 Å². The SMILES string of the molecule is NC(=O)c1ccc2[nH]c3c(c2c1)N1CCC3CC1. The molecule has 1 amide bonds. The first-order valence-corrected chi connectivity index (χ1v) is 6.44. The van der Waals surface area contributed by atoms with Crippen molar-refractivity contribution in [3.8, 4) is 0 Å². The summed E-state index contributed by atoms with van der Waals surface area (Å²) in [6, 6.07) is 5.69. The number of benzene rings is 1. The number of amides is 1. The first kappa shape index (κ1) is 10.00. The Morgan fingerprint density at radius 3 is 2.83 bits per heavy atom. The van der Waals surface area contributed by atoms with Gasteiger partial charge in [0.1, 0.15) is 0 Å². The zero-order valence-corrected chi connectivity index (χ0v) is 10.1. The molecule has 5 rings (SSSR count). The second-order valence-corrected chi connectivity index (χ2v) is 5.27. The first-order chi connectivity index (χ1) is 8.74. The lowest BCUT2D eigenvalue weighted by molar-refractivity contribution is 0.100. The van der Waals surface area contributed by atoms with Gasteiger partial charge in [-0.25, -0.2) is 0 Å². The Morgan fingerprint density at radius 2 is 2.11 bits per heavy atom. The lowest BCUT2D eigenvalue weighted by atomic mass is 9.87. The molecule has 0 radical (unpaired) electrons. The van der Waals surface area contributed by atoms with Gasteiger partial charge in [0.25, 0.3) is 0 Å². The van der Waals surface area contributed by atoms with E-state index in [2.05, 4.69) is 9.88 Å². The van der Waals surface area contributed by atoms with Crippen LogP contribution in [0, 0.1) is 0 Å². The van der Waals surface area contributed by atoms with Crippen molar-refractivity contribution in [1.82, 2.24) is 4.98 Å².